The molecule has 1 aromatic heterocycles. The SMILES string of the molecule is CC(C)C(C)c1[nH]c2ccccc2c1CC(P(=O)(O)O)P(=O)(O)O. The molecule has 9 heteroatoms. The fraction of sp³-hybridized carbons (Fsp3) is 0.467. The van der Waals surface area contributed by atoms with Crippen molar-refractivity contribution in [2.24, 2.45) is 5.92 Å². The van der Waals surface area contributed by atoms with Crippen molar-refractivity contribution in [3.8, 4) is 0 Å². The first kappa shape index (κ1) is 19.4. The van der Waals surface area contributed by atoms with Crippen LogP contribution >= 0.6 is 15.2 Å². The Morgan fingerprint density at radius 2 is 1.54 bits per heavy atom. The molecule has 0 aliphatic carbocycles. The quantitative estimate of drug-likeness (QED) is 0.493. The van der Waals surface area contributed by atoms with Gasteiger partial charge in [-0.1, -0.05) is 39.0 Å². The maximum atomic E-state index is 11.6. The maximum Gasteiger partial charge on any atom is 0.341 e. The molecule has 0 saturated heterocycles. The summed E-state index contributed by atoms with van der Waals surface area (Å²) in [6.07, 6.45) is -0.384. The number of H-pyrrole nitrogens is 1. The van der Waals surface area contributed by atoms with Gasteiger partial charge in [0.05, 0.1) is 0 Å². The molecular formula is C15H23NO6P2. The van der Waals surface area contributed by atoms with E-state index in [1.54, 1.807) is 12.1 Å². The summed E-state index contributed by atoms with van der Waals surface area (Å²) in [6, 6.07) is 7.23. The van der Waals surface area contributed by atoms with E-state index >= 15 is 0 Å². The van der Waals surface area contributed by atoms with Crippen LogP contribution in [0.1, 0.15) is 37.9 Å². The predicted octanol–water partition coefficient (Wildman–Crippen LogP) is 3.15. The van der Waals surface area contributed by atoms with E-state index in [9.17, 15) is 28.7 Å². The number of hydrogen-bond donors (Lipinski definition) is 5. The van der Waals surface area contributed by atoms with Gasteiger partial charge in [-0.15, -0.1) is 0 Å². The summed E-state index contributed by atoms with van der Waals surface area (Å²) in [5, 5.41) is -1.31. The highest BCUT2D eigenvalue weighted by Crippen LogP contribution is 2.61. The molecule has 0 amide bonds. The van der Waals surface area contributed by atoms with Crippen LogP contribution in [-0.2, 0) is 15.6 Å². The first-order valence-corrected chi connectivity index (χ1v) is 11.0. The third-order valence-corrected chi connectivity index (χ3v) is 8.19. The molecule has 24 heavy (non-hydrogen) atoms. The minimum Gasteiger partial charge on any atom is -0.358 e. The summed E-state index contributed by atoms with van der Waals surface area (Å²) in [6.45, 7) is 6.01. The standard InChI is InChI=1S/C15H23NO6P2/c1-9(2)10(3)15-12(11-6-4-5-7-13(11)16-15)8-14(23(17,18)19)24(20,21)22/h4-7,9-10,14,16H,8H2,1-3H3,(H2,17,18,19)(H2,20,21,22). The number of aromatic nitrogens is 1. The van der Waals surface area contributed by atoms with Crippen LogP contribution in [0.5, 0.6) is 0 Å². The number of nitrogens with one attached hydrogen (secondary N) is 1. The Hall–Kier alpha value is -0.940. The lowest BCUT2D eigenvalue weighted by atomic mass is 9.91. The topological polar surface area (TPSA) is 131 Å². The van der Waals surface area contributed by atoms with Gasteiger partial charge in [-0.25, -0.2) is 0 Å². The smallest absolute Gasteiger partial charge is 0.341 e. The van der Waals surface area contributed by atoms with Crippen molar-refractivity contribution in [3.63, 3.8) is 0 Å². The van der Waals surface area contributed by atoms with Gasteiger partial charge in [0.1, 0.15) is 0 Å². The monoisotopic (exact) mass is 375 g/mol. The van der Waals surface area contributed by atoms with E-state index in [1.807, 2.05) is 32.9 Å². The number of aromatic amines is 1. The molecule has 2 aromatic rings. The Balaban J connectivity index is 2.63. The predicted molar refractivity (Wildman–Crippen MR) is 93.1 cm³/mol. The summed E-state index contributed by atoms with van der Waals surface area (Å²) >= 11 is 0. The molecule has 7 nitrogen and oxygen atoms in total. The first-order valence-electron chi connectivity index (χ1n) is 7.62. The second kappa shape index (κ2) is 6.75. The van der Waals surface area contributed by atoms with Gasteiger partial charge in [-0.05, 0) is 23.5 Å². The van der Waals surface area contributed by atoms with Crippen LogP contribution in [-0.4, -0.2) is 30.0 Å². The van der Waals surface area contributed by atoms with Crippen molar-refractivity contribution < 1.29 is 28.7 Å². The zero-order valence-corrected chi connectivity index (χ0v) is 15.5. The highest BCUT2D eigenvalue weighted by Gasteiger charge is 2.44. The molecule has 1 atom stereocenters. The molecule has 0 saturated carbocycles. The van der Waals surface area contributed by atoms with E-state index in [0.717, 1.165) is 16.6 Å². The highest BCUT2D eigenvalue weighted by molar-refractivity contribution is 7.70. The molecule has 134 valence electrons. The number of fused-ring (bicyclic) bond motifs is 1. The third kappa shape index (κ3) is 3.99. The van der Waals surface area contributed by atoms with Crippen LogP contribution in [0.3, 0.4) is 0 Å². The minimum absolute atomic E-state index is 0.0431. The molecule has 1 heterocycles. The number of benzene rings is 1. The Kier molecular flexibility index (Phi) is 5.46. The van der Waals surface area contributed by atoms with E-state index in [2.05, 4.69) is 4.98 Å². The number of rotatable bonds is 6. The number of para-hydroxylation sites is 1. The Morgan fingerprint density at radius 1 is 1.00 bits per heavy atom. The lowest BCUT2D eigenvalue weighted by Gasteiger charge is -2.22. The van der Waals surface area contributed by atoms with Gasteiger partial charge >= 0.3 is 15.2 Å². The minimum atomic E-state index is -4.97. The summed E-state index contributed by atoms with van der Waals surface area (Å²) in [7, 11) is -9.93. The van der Waals surface area contributed by atoms with Crippen molar-refractivity contribution in [3.05, 3.63) is 35.5 Å². The van der Waals surface area contributed by atoms with Crippen LogP contribution in [0.25, 0.3) is 10.9 Å². The third-order valence-electron chi connectivity index (χ3n) is 4.47. The normalized spacial score (nSPS) is 14.7. The van der Waals surface area contributed by atoms with E-state index < -0.39 is 20.6 Å². The average molecular weight is 375 g/mol. The molecule has 0 fully saturated rings. The molecule has 1 aromatic carbocycles. The Bertz CT molecular complexity index is 796. The van der Waals surface area contributed by atoms with E-state index in [4.69, 9.17) is 0 Å². The summed E-state index contributed by atoms with van der Waals surface area (Å²) in [4.78, 5) is 41.0. The molecular weight excluding hydrogens is 352 g/mol. The lowest BCUT2D eigenvalue weighted by molar-refractivity contribution is 0.338. The van der Waals surface area contributed by atoms with Gasteiger partial charge in [0.25, 0.3) is 0 Å². The Labute approximate surface area is 140 Å². The zero-order chi connectivity index (χ0) is 18.3. The van der Waals surface area contributed by atoms with Crippen LogP contribution in [0.2, 0.25) is 0 Å². The summed E-state index contributed by atoms with van der Waals surface area (Å²) in [5.41, 5.74) is 2.10. The van der Waals surface area contributed by atoms with Gasteiger partial charge in [0.2, 0.25) is 0 Å². The molecule has 2 rings (SSSR count). The lowest BCUT2D eigenvalue weighted by Crippen LogP contribution is -2.15. The largest absolute Gasteiger partial charge is 0.358 e. The second-order valence-corrected chi connectivity index (χ2v) is 10.5. The molecule has 1 unspecified atom stereocenters. The van der Waals surface area contributed by atoms with Crippen molar-refractivity contribution in [2.75, 3.05) is 0 Å². The van der Waals surface area contributed by atoms with Gasteiger partial charge in [-0.3, -0.25) is 9.13 Å². The van der Waals surface area contributed by atoms with Gasteiger partial charge < -0.3 is 24.6 Å². The van der Waals surface area contributed by atoms with Crippen molar-refractivity contribution in [2.45, 2.75) is 38.5 Å². The Morgan fingerprint density at radius 3 is 2.04 bits per heavy atom. The highest BCUT2D eigenvalue weighted by atomic mass is 31.2. The zero-order valence-electron chi connectivity index (χ0n) is 13.7. The van der Waals surface area contributed by atoms with Crippen molar-refractivity contribution in [1.82, 2.24) is 4.98 Å². The summed E-state index contributed by atoms with van der Waals surface area (Å²) < 4.78 is 23.3. The van der Waals surface area contributed by atoms with Crippen molar-refractivity contribution >= 4 is 26.1 Å². The molecule has 0 aliphatic rings. The van der Waals surface area contributed by atoms with E-state index in [1.165, 1.54) is 0 Å². The molecule has 5 N–H and O–H groups in total. The summed E-state index contributed by atoms with van der Waals surface area (Å²) in [5.74, 6) is 0.293. The molecule has 0 radical (unpaired) electrons. The molecule has 0 aliphatic heterocycles. The second-order valence-electron chi connectivity index (χ2n) is 6.46. The fourth-order valence-corrected chi connectivity index (χ4v) is 5.19. The fourth-order valence-electron chi connectivity index (χ4n) is 2.78. The van der Waals surface area contributed by atoms with Crippen LogP contribution in [0.4, 0.5) is 0 Å². The van der Waals surface area contributed by atoms with E-state index in [0.29, 0.717) is 5.56 Å². The number of hydrogen-bond acceptors (Lipinski definition) is 2. The molecule has 0 spiro atoms. The van der Waals surface area contributed by atoms with Crippen LogP contribution < -0.4 is 0 Å². The first-order chi connectivity index (χ1) is 10.9. The van der Waals surface area contributed by atoms with Gasteiger partial charge in [0, 0.05) is 23.0 Å². The van der Waals surface area contributed by atoms with Gasteiger partial charge in [-0.2, -0.15) is 0 Å². The maximum absolute atomic E-state index is 11.6. The van der Waals surface area contributed by atoms with Crippen LogP contribution in [0.15, 0.2) is 24.3 Å². The molecule has 0 bridgehead atoms. The van der Waals surface area contributed by atoms with E-state index in [-0.39, 0.29) is 18.3 Å². The van der Waals surface area contributed by atoms with Crippen LogP contribution in [0, 0.1) is 5.92 Å². The average Bonchev–Trinajstić information content (AvgIpc) is 2.79. The van der Waals surface area contributed by atoms with Gasteiger partial charge in [0.15, 0.2) is 5.40 Å². The van der Waals surface area contributed by atoms with Crippen molar-refractivity contribution in [1.29, 1.82) is 0 Å².